The van der Waals surface area contributed by atoms with E-state index in [0.717, 1.165) is 6.07 Å². The molecular weight excluding hydrogens is 247 g/mol. The van der Waals surface area contributed by atoms with Gasteiger partial charge in [-0.25, -0.2) is 4.39 Å². The number of quaternary nitrogens is 1. The lowest BCUT2D eigenvalue weighted by Gasteiger charge is -2.16. The van der Waals surface area contributed by atoms with Gasteiger partial charge in [0, 0.05) is 17.7 Å². The van der Waals surface area contributed by atoms with Gasteiger partial charge in [0.05, 0.1) is 10.5 Å². The third-order valence-corrected chi connectivity index (χ3v) is 2.17. The second kappa shape index (κ2) is 5.93. The lowest BCUT2D eigenvalue weighted by atomic mass is 10.1. The molecule has 0 aliphatic carbocycles. The molecule has 0 radical (unpaired) electrons. The van der Waals surface area contributed by atoms with Gasteiger partial charge in [0.2, 0.25) is 0 Å². The highest BCUT2D eigenvalue weighted by atomic mass is 35.5. The summed E-state index contributed by atoms with van der Waals surface area (Å²) in [5.74, 6) is -0.397. The number of nitro groups is 1. The molecule has 0 spiro atoms. The van der Waals surface area contributed by atoms with Crippen molar-refractivity contribution < 1.29 is 27.0 Å². The van der Waals surface area contributed by atoms with E-state index >= 15 is 0 Å². The van der Waals surface area contributed by atoms with Gasteiger partial charge in [-0.05, 0) is 26.8 Å². The highest BCUT2D eigenvalue weighted by molar-refractivity contribution is 5.34. The van der Waals surface area contributed by atoms with Crippen molar-refractivity contribution in [3.63, 3.8) is 0 Å². The number of nitro benzene ring substituents is 1. The number of nitrogens with zero attached hydrogens (tertiary/aromatic N) is 1. The van der Waals surface area contributed by atoms with Crippen LogP contribution in [0.2, 0.25) is 0 Å². The van der Waals surface area contributed by atoms with Crippen LogP contribution in [0, 0.1) is 15.9 Å². The van der Waals surface area contributed by atoms with Gasteiger partial charge in [-0.1, -0.05) is 0 Å². The topological polar surface area (TPSA) is 59.8 Å². The SMILES string of the molecule is CC(C)(C)[NH2+]Cc1cc([N+](=O)[O-])ccc1F.[Cl-]. The Morgan fingerprint density at radius 1 is 1.41 bits per heavy atom. The monoisotopic (exact) mass is 262 g/mol. The average molecular weight is 263 g/mol. The van der Waals surface area contributed by atoms with Gasteiger partial charge >= 0.3 is 0 Å². The van der Waals surface area contributed by atoms with E-state index in [1.54, 1.807) is 0 Å². The first-order valence-corrected chi connectivity index (χ1v) is 5.07. The first-order chi connectivity index (χ1) is 7.29. The van der Waals surface area contributed by atoms with Crippen molar-refractivity contribution in [3.05, 3.63) is 39.7 Å². The largest absolute Gasteiger partial charge is 1.00 e. The molecule has 0 saturated carbocycles. The summed E-state index contributed by atoms with van der Waals surface area (Å²) >= 11 is 0. The minimum Gasteiger partial charge on any atom is -1.00 e. The molecule has 0 aliphatic heterocycles. The molecule has 0 heterocycles. The Morgan fingerprint density at radius 3 is 2.47 bits per heavy atom. The van der Waals surface area contributed by atoms with E-state index in [2.05, 4.69) is 0 Å². The van der Waals surface area contributed by atoms with E-state index in [1.165, 1.54) is 12.1 Å². The lowest BCUT2D eigenvalue weighted by molar-refractivity contribution is -0.731. The van der Waals surface area contributed by atoms with Crippen molar-refractivity contribution in [3.8, 4) is 0 Å². The lowest BCUT2D eigenvalue weighted by Crippen LogP contribution is -3.00. The molecule has 1 aromatic rings. The molecule has 1 rings (SSSR count). The summed E-state index contributed by atoms with van der Waals surface area (Å²) in [5, 5.41) is 12.5. The summed E-state index contributed by atoms with van der Waals surface area (Å²) in [6.45, 7) is 6.41. The maximum atomic E-state index is 13.4. The van der Waals surface area contributed by atoms with Gasteiger partial charge in [0.1, 0.15) is 12.4 Å². The van der Waals surface area contributed by atoms with Gasteiger partial charge in [0.15, 0.2) is 0 Å². The van der Waals surface area contributed by atoms with E-state index < -0.39 is 10.7 Å². The Labute approximate surface area is 106 Å². The highest BCUT2D eigenvalue weighted by Crippen LogP contribution is 2.15. The molecule has 0 aromatic heterocycles. The average Bonchev–Trinajstić information content (AvgIpc) is 2.14. The van der Waals surface area contributed by atoms with E-state index in [9.17, 15) is 14.5 Å². The molecule has 0 aliphatic rings. The Hall–Kier alpha value is -1.20. The predicted octanol–water partition coefficient (Wildman–Crippen LogP) is -1.40. The van der Waals surface area contributed by atoms with Crippen LogP contribution in [-0.2, 0) is 6.54 Å². The second-order valence-electron chi connectivity index (χ2n) is 4.81. The van der Waals surface area contributed by atoms with Crippen molar-refractivity contribution in [2.24, 2.45) is 0 Å². The van der Waals surface area contributed by atoms with Crippen LogP contribution < -0.4 is 17.7 Å². The molecular formula is C11H16ClFN2O2. The molecule has 0 fully saturated rings. The van der Waals surface area contributed by atoms with E-state index in [0.29, 0.717) is 12.1 Å². The number of halogens is 2. The zero-order valence-corrected chi connectivity index (χ0v) is 10.8. The summed E-state index contributed by atoms with van der Waals surface area (Å²) in [5.41, 5.74) is 0.264. The quantitative estimate of drug-likeness (QED) is 0.538. The van der Waals surface area contributed by atoms with E-state index in [-0.39, 0.29) is 23.6 Å². The molecule has 2 N–H and O–H groups in total. The van der Waals surface area contributed by atoms with Gasteiger partial charge in [-0.3, -0.25) is 10.1 Å². The Balaban J connectivity index is 0.00000256. The number of hydrogen-bond acceptors (Lipinski definition) is 2. The zero-order valence-electron chi connectivity index (χ0n) is 10.0. The molecule has 17 heavy (non-hydrogen) atoms. The molecule has 4 nitrogen and oxygen atoms in total. The fourth-order valence-corrected chi connectivity index (χ4v) is 1.25. The number of rotatable bonds is 3. The molecule has 0 unspecified atom stereocenters. The number of nitrogens with two attached hydrogens (primary N) is 1. The van der Waals surface area contributed by atoms with Crippen LogP contribution in [0.5, 0.6) is 0 Å². The fraction of sp³-hybridized carbons (Fsp3) is 0.455. The van der Waals surface area contributed by atoms with Crippen LogP contribution in [0.4, 0.5) is 10.1 Å². The van der Waals surface area contributed by atoms with Gasteiger partial charge in [0.25, 0.3) is 5.69 Å². The summed E-state index contributed by atoms with van der Waals surface area (Å²) in [4.78, 5) is 10.0. The van der Waals surface area contributed by atoms with Gasteiger partial charge in [-0.15, -0.1) is 0 Å². The maximum absolute atomic E-state index is 13.4. The number of hydrogen-bond donors (Lipinski definition) is 1. The molecule has 0 atom stereocenters. The van der Waals surface area contributed by atoms with Crippen LogP contribution in [0.25, 0.3) is 0 Å². The summed E-state index contributed by atoms with van der Waals surface area (Å²) in [7, 11) is 0. The van der Waals surface area contributed by atoms with E-state index in [1.807, 2.05) is 26.1 Å². The second-order valence-corrected chi connectivity index (χ2v) is 4.81. The van der Waals surface area contributed by atoms with Crippen LogP contribution in [-0.4, -0.2) is 10.5 Å². The minimum atomic E-state index is -0.514. The van der Waals surface area contributed by atoms with Gasteiger partial charge < -0.3 is 17.7 Å². The minimum absolute atomic E-state index is 0. The van der Waals surface area contributed by atoms with E-state index in [4.69, 9.17) is 0 Å². The summed E-state index contributed by atoms with van der Waals surface area (Å²) in [6, 6.07) is 3.61. The predicted molar refractivity (Wildman–Crippen MR) is 58.4 cm³/mol. The molecule has 1 aromatic carbocycles. The highest BCUT2D eigenvalue weighted by Gasteiger charge is 2.16. The van der Waals surface area contributed by atoms with Crippen LogP contribution in [0.1, 0.15) is 26.3 Å². The Morgan fingerprint density at radius 2 is 2.00 bits per heavy atom. The molecule has 6 heteroatoms. The molecule has 0 saturated heterocycles. The van der Waals surface area contributed by atoms with Crippen molar-refractivity contribution >= 4 is 5.69 Å². The number of non-ortho nitro benzene ring substituents is 1. The fourth-order valence-electron chi connectivity index (χ4n) is 1.25. The first kappa shape index (κ1) is 15.8. The van der Waals surface area contributed by atoms with Crippen molar-refractivity contribution in [1.82, 2.24) is 0 Å². The third-order valence-electron chi connectivity index (χ3n) is 2.17. The Kier molecular flexibility index (Phi) is 5.51. The van der Waals surface area contributed by atoms with Crippen molar-refractivity contribution in [1.29, 1.82) is 0 Å². The number of benzene rings is 1. The normalized spacial score (nSPS) is 10.8. The first-order valence-electron chi connectivity index (χ1n) is 5.07. The molecule has 0 bridgehead atoms. The van der Waals surface area contributed by atoms with Crippen molar-refractivity contribution in [2.75, 3.05) is 0 Å². The molecule has 96 valence electrons. The standard InChI is InChI=1S/C11H15FN2O2.ClH/c1-11(2,3)13-7-8-6-9(14(15)16)4-5-10(8)12;/h4-6,13H,7H2,1-3H3;1H. The zero-order chi connectivity index (χ0) is 12.3. The summed E-state index contributed by atoms with van der Waals surface area (Å²) < 4.78 is 13.4. The van der Waals surface area contributed by atoms with Crippen LogP contribution in [0.3, 0.4) is 0 Å². The van der Waals surface area contributed by atoms with Gasteiger partial charge in [-0.2, -0.15) is 0 Å². The van der Waals surface area contributed by atoms with Crippen molar-refractivity contribution in [2.45, 2.75) is 32.9 Å². The maximum Gasteiger partial charge on any atom is 0.270 e. The van der Waals surface area contributed by atoms with Crippen LogP contribution >= 0.6 is 0 Å². The smallest absolute Gasteiger partial charge is 0.270 e. The molecule has 0 amide bonds. The van der Waals surface area contributed by atoms with Crippen LogP contribution in [0.15, 0.2) is 18.2 Å². The Bertz CT molecular complexity index is 405. The third kappa shape index (κ3) is 5.10. The summed E-state index contributed by atoms with van der Waals surface area (Å²) in [6.07, 6.45) is 0.